The van der Waals surface area contributed by atoms with Crippen LogP contribution < -0.4 is 5.32 Å². The second-order valence-corrected chi connectivity index (χ2v) is 6.10. The number of amides is 1. The molecular weight excluding hydrogens is 285 g/mol. The Labute approximate surface area is 122 Å². The highest BCUT2D eigenvalue weighted by Gasteiger charge is 2.36. The van der Waals surface area contributed by atoms with Gasteiger partial charge < -0.3 is 10.3 Å². The van der Waals surface area contributed by atoms with Crippen LogP contribution in [-0.2, 0) is 0 Å². The number of nitrogens with zero attached hydrogens (tertiary/aromatic N) is 1. The molecule has 2 atom stereocenters. The maximum atomic E-state index is 12.2. The second-order valence-electron chi connectivity index (χ2n) is 5.31. The van der Waals surface area contributed by atoms with Crippen molar-refractivity contribution >= 4 is 29.1 Å². The van der Waals surface area contributed by atoms with Gasteiger partial charge in [-0.15, -0.1) is 0 Å². The van der Waals surface area contributed by atoms with Crippen molar-refractivity contribution in [3.63, 3.8) is 0 Å². The van der Waals surface area contributed by atoms with Crippen molar-refractivity contribution in [2.24, 2.45) is 0 Å². The van der Waals surface area contributed by atoms with Gasteiger partial charge in [0.05, 0.1) is 5.02 Å². The number of aromatic nitrogens is 1. The molecule has 0 bridgehead atoms. The predicted octanol–water partition coefficient (Wildman–Crippen LogP) is 2.68. The highest BCUT2D eigenvalue weighted by atomic mass is 35.5. The number of piperidine rings is 1. The zero-order valence-corrected chi connectivity index (χ0v) is 12.1. The summed E-state index contributed by atoms with van der Waals surface area (Å²) in [4.78, 5) is 17.4. The fraction of sp³-hybridized carbons (Fsp3) is 0.615. The number of halogens is 2. The van der Waals surface area contributed by atoms with Crippen LogP contribution in [-0.4, -0.2) is 41.0 Å². The molecule has 0 aromatic carbocycles. The lowest BCUT2D eigenvalue weighted by molar-refractivity contribution is 0.0911. The van der Waals surface area contributed by atoms with Gasteiger partial charge in [-0.25, -0.2) is 0 Å². The highest BCUT2D eigenvalue weighted by Crippen LogP contribution is 2.28. The first-order chi connectivity index (χ1) is 9.15. The molecule has 2 fully saturated rings. The summed E-state index contributed by atoms with van der Waals surface area (Å²) in [6.45, 7) is 2.25. The van der Waals surface area contributed by atoms with Gasteiger partial charge in [-0.2, -0.15) is 0 Å². The summed E-state index contributed by atoms with van der Waals surface area (Å²) in [6.07, 6.45) is 4.74. The van der Waals surface area contributed by atoms with E-state index in [2.05, 4.69) is 15.2 Å². The summed E-state index contributed by atoms with van der Waals surface area (Å²) >= 11 is 11.7. The van der Waals surface area contributed by atoms with Crippen LogP contribution in [0.2, 0.25) is 10.2 Å². The minimum absolute atomic E-state index is 0.119. The fourth-order valence-electron chi connectivity index (χ4n) is 3.19. The maximum absolute atomic E-state index is 12.2. The van der Waals surface area contributed by atoms with Gasteiger partial charge in [-0.1, -0.05) is 29.6 Å². The number of rotatable bonds is 2. The van der Waals surface area contributed by atoms with Crippen molar-refractivity contribution < 1.29 is 4.79 Å². The fourth-order valence-corrected chi connectivity index (χ4v) is 3.50. The van der Waals surface area contributed by atoms with Crippen LogP contribution in [0.5, 0.6) is 0 Å². The molecule has 1 aromatic rings. The molecule has 0 saturated carbocycles. The van der Waals surface area contributed by atoms with Crippen LogP contribution >= 0.6 is 23.2 Å². The normalized spacial score (nSPS) is 27.3. The summed E-state index contributed by atoms with van der Waals surface area (Å²) in [5, 5.41) is 3.81. The molecule has 0 radical (unpaired) electrons. The summed E-state index contributed by atoms with van der Waals surface area (Å²) in [7, 11) is 0. The van der Waals surface area contributed by atoms with Gasteiger partial charge in [0.25, 0.3) is 5.91 Å². The van der Waals surface area contributed by atoms with E-state index in [1.165, 1.54) is 19.3 Å². The number of carbonyl (C=O) groups excluding carboxylic acids is 1. The maximum Gasteiger partial charge on any atom is 0.268 e. The van der Waals surface area contributed by atoms with E-state index in [-0.39, 0.29) is 11.9 Å². The zero-order valence-electron chi connectivity index (χ0n) is 10.6. The Bertz CT molecular complexity index is 469. The Balaban J connectivity index is 1.66. The molecule has 2 aliphatic heterocycles. The van der Waals surface area contributed by atoms with Crippen LogP contribution in [0.4, 0.5) is 0 Å². The van der Waals surface area contributed by atoms with Gasteiger partial charge in [0.1, 0.15) is 10.8 Å². The van der Waals surface area contributed by atoms with E-state index < -0.39 is 0 Å². The van der Waals surface area contributed by atoms with E-state index in [0.29, 0.717) is 21.9 Å². The lowest BCUT2D eigenvalue weighted by atomic mass is 9.99. The van der Waals surface area contributed by atoms with E-state index in [9.17, 15) is 4.79 Å². The quantitative estimate of drug-likeness (QED) is 0.882. The molecular formula is C13H17Cl2N3O. The van der Waals surface area contributed by atoms with Crippen LogP contribution in [0.3, 0.4) is 0 Å². The highest BCUT2D eigenvalue weighted by molar-refractivity contribution is 6.41. The number of H-pyrrole nitrogens is 1. The minimum atomic E-state index is -0.119. The van der Waals surface area contributed by atoms with Crippen LogP contribution in [0.1, 0.15) is 36.2 Å². The Hall–Kier alpha value is -0.710. The molecule has 1 aromatic heterocycles. The Morgan fingerprint density at radius 3 is 2.89 bits per heavy atom. The molecule has 4 nitrogen and oxygen atoms in total. The van der Waals surface area contributed by atoms with Gasteiger partial charge in [-0.05, 0) is 31.9 Å². The van der Waals surface area contributed by atoms with Crippen molar-refractivity contribution in [2.45, 2.75) is 37.8 Å². The third-order valence-corrected chi connectivity index (χ3v) is 4.84. The number of nitrogens with one attached hydrogen (secondary N) is 2. The van der Waals surface area contributed by atoms with E-state index in [1.807, 2.05) is 0 Å². The molecule has 2 N–H and O–H groups in total. The Morgan fingerprint density at radius 2 is 2.16 bits per heavy atom. The van der Waals surface area contributed by atoms with E-state index in [1.54, 1.807) is 6.07 Å². The lowest BCUT2D eigenvalue weighted by Crippen LogP contribution is -2.46. The van der Waals surface area contributed by atoms with E-state index >= 15 is 0 Å². The monoisotopic (exact) mass is 301 g/mol. The number of fused-ring (bicyclic) bond motifs is 1. The smallest absolute Gasteiger partial charge is 0.268 e. The number of hydrogen-bond donors (Lipinski definition) is 2. The molecule has 2 saturated heterocycles. The molecule has 3 heterocycles. The summed E-state index contributed by atoms with van der Waals surface area (Å²) in [5.74, 6) is -0.119. The zero-order chi connectivity index (χ0) is 13.4. The molecule has 2 aliphatic rings. The van der Waals surface area contributed by atoms with Crippen molar-refractivity contribution in [3.8, 4) is 0 Å². The molecule has 2 unspecified atom stereocenters. The van der Waals surface area contributed by atoms with Gasteiger partial charge in [0.2, 0.25) is 0 Å². The summed E-state index contributed by atoms with van der Waals surface area (Å²) in [6, 6.07) is 2.32. The first-order valence-corrected chi connectivity index (χ1v) is 7.49. The average Bonchev–Trinajstić information content (AvgIpc) is 2.95. The van der Waals surface area contributed by atoms with Crippen LogP contribution in [0, 0.1) is 0 Å². The van der Waals surface area contributed by atoms with Crippen molar-refractivity contribution in [2.75, 3.05) is 13.1 Å². The standard InChI is InChI=1S/C13H17Cl2N3O/c14-8-7-10(16-12(8)15)13(19)17-9-4-6-18-5-2-1-3-11(9)18/h7,9,11,16H,1-6H2,(H,17,19). The topological polar surface area (TPSA) is 48.1 Å². The molecule has 6 heteroatoms. The minimum Gasteiger partial charge on any atom is -0.346 e. The molecule has 104 valence electrons. The van der Waals surface area contributed by atoms with Gasteiger partial charge in [0.15, 0.2) is 0 Å². The lowest BCUT2D eigenvalue weighted by Gasteiger charge is -2.32. The van der Waals surface area contributed by atoms with Crippen LogP contribution in [0.15, 0.2) is 6.07 Å². The molecule has 0 spiro atoms. The third-order valence-electron chi connectivity index (χ3n) is 4.14. The SMILES string of the molecule is O=C(NC1CCN2CCCCC12)c1cc(Cl)c(Cl)[nH]1. The molecule has 0 aliphatic carbocycles. The van der Waals surface area contributed by atoms with Crippen molar-refractivity contribution in [3.05, 3.63) is 21.9 Å². The number of hydrogen-bond acceptors (Lipinski definition) is 2. The second kappa shape index (κ2) is 5.35. The average molecular weight is 302 g/mol. The Morgan fingerprint density at radius 1 is 1.32 bits per heavy atom. The first-order valence-electron chi connectivity index (χ1n) is 6.74. The number of aromatic amines is 1. The Kier molecular flexibility index (Phi) is 3.74. The van der Waals surface area contributed by atoms with E-state index in [0.717, 1.165) is 19.5 Å². The summed E-state index contributed by atoms with van der Waals surface area (Å²) in [5.41, 5.74) is 0.434. The third kappa shape index (κ3) is 2.62. The van der Waals surface area contributed by atoms with Gasteiger partial charge in [0, 0.05) is 18.6 Å². The van der Waals surface area contributed by atoms with Crippen molar-refractivity contribution in [1.82, 2.24) is 15.2 Å². The van der Waals surface area contributed by atoms with Crippen molar-refractivity contribution in [1.29, 1.82) is 0 Å². The summed E-state index contributed by atoms with van der Waals surface area (Å²) < 4.78 is 0. The molecule has 1 amide bonds. The van der Waals surface area contributed by atoms with E-state index in [4.69, 9.17) is 23.2 Å². The van der Waals surface area contributed by atoms with Gasteiger partial charge >= 0.3 is 0 Å². The largest absolute Gasteiger partial charge is 0.346 e. The first kappa shape index (κ1) is 13.3. The molecule has 3 rings (SSSR count). The van der Waals surface area contributed by atoms with Gasteiger partial charge in [-0.3, -0.25) is 9.69 Å². The predicted molar refractivity (Wildman–Crippen MR) is 75.9 cm³/mol. The van der Waals surface area contributed by atoms with Crippen LogP contribution in [0.25, 0.3) is 0 Å². The molecule has 19 heavy (non-hydrogen) atoms. The number of carbonyl (C=O) groups is 1.